The summed E-state index contributed by atoms with van der Waals surface area (Å²) in [6, 6.07) is 3.78. The second-order valence-electron chi connectivity index (χ2n) is 2.94. The Labute approximate surface area is 87.7 Å². The minimum Gasteiger partial charge on any atom is -0.355 e. The van der Waals surface area contributed by atoms with Crippen LogP contribution in [-0.2, 0) is 9.47 Å². The Morgan fingerprint density at radius 2 is 2.07 bits per heavy atom. The number of Topliss-reactive ketones (excluding diaryl/α,β-unsaturated/α-hetero) is 1. The molecule has 78 valence electrons. The van der Waals surface area contributed by atoms with Gasteiger partial charge in [-0.1, -0.05) is 0 Å². The number of rotatable bonds is 5. The fourth-order valence-corrected chi connectivity index (χ4v) is 1.92. The molecule has 0 N–H and O–H groups in total. The van der Waals surface area contributed by atoms with Crippen LogP contribution < -0.4 is 0 Å². The molecule has 1 rings (SSSR count). The summed E-state index contributed by atoms with van der Waals surface area (Å²) in [5.74, 6) is 0.0665. The lowest BCUT2D eigenvalue weighted by Gasteiger charge is -2.11. The van der Waals surface area contributed by atoms with Crippen molar-refractivity contribution in [1.29, 1.82) is 0 Å². The lowest BCUT2D eigenvalue weighted by atomic mass is 10.2. The van der Waals surface area contributed by atoms with Crippen LogP contribution in [0.1, 0.15) is 21.0 Å². The average molecular weight is 214 g/mol. The summed E-state index contributed by atoms with van der Waals surface area (Å²) >= 11 is 1.50. The first-order chi connectivity index (χ1) is 6.67. The number of hydrogen-bond acceptors (Lipinski definition) is 4. The molecular formula is C10H14O3S. The molecule has 0 saturated heterocycles. The van der Waals surface area contributed by atoms with Gasteiger partial charge < -0.3 is 9.47 Å². The zero-order valence-corrected chi connectivity index (χ0v) is 9.39. The predicted octanol–water partition coefficient (Wildman–Crippen LogP) is 2.25. The van der Waals surface area contributed by atoms with Gasteiger partial charge in [0.1, 0.15) is 0 Å². The van der Waals surface area contributed by atoms with E-state index in [-0.39, 0.29) is 12.2 Å². The molecule has 0 radical (unpaired) electrons. The molecule has 1 aromatic heterocycles. The molecule has 0 unspecified atom stereocenters. The highest BCUT2D eigenvalue weighted by atomic mass is 32.1. The van der Waals surface area contributed by atoms with Crippen LogP contribution in [0.15, 0.2) is 12.1 Å². The molecule has 0 saturated carbocycles. The highest BCUT2D eigenvalue weighted by molar-refractivity contribution is 7.14. The zero-order chi connectivity index (χ0) is 10.6. The molecule has 1 aromatic rings. The average Bonchev–Trinajstić information content (AvgIpc) is 2.61. The summed E-state index contributed by atoms with van der Waals surface area (Å²) in [7, 11) is 3.06. The van der Waals surface area contributed by atoms with E-state index in [9.17, 15) is 4.79 Å². The van der Waals surface area contributed by atoms with Gasteiger partial charge in [0.2, 0.25) is 0 Å². The van der Waals surface area contributed by atoms with Crippen LogP contribution in [0.5, 0.6) is 0 Å². The first-order valence-corrected chi connectivity index (χ1v) is 5.14. The summed E-state index contributed by atoms with van der Waals surface area (Å²) in [5, 5.41) is 0. The largest absolute Gasteiger partial charge is 0.355 e. The standard InChI is InChI=1S/C10H14O3S/c1-7-4-5-9(14-7)8(11)6-10(12-2)13-3/h4-5,10H,6H2,1-3H3. The quantitative estimate of drug-likeness (QED) is 0.557. The normalized spacial score (nSPS) is 10.9. The lowest BCUT2D eigenvalue weighted by Crippen LogP contribution is -2.17. The maximum absolute atomic E-state index is 11.6. The van der Waals surface area contributed by atoms with Crippen molar-refractivity contribution in [3.63, 3.8) is 0 Å². The Morgan fingerprint density at radius 3 is 2.50 bits per heavy atom. The molecule has 0 bridgehead atoms. The van der Waals surface area contributed by atoms with Crippen molar-refractivity contribution in [1.82, 2.24) is 0 Å². The first-order valence-electron chi connectivity index (χ1n) is 4.32. The van der Waals surface area contributed by atoms with Gasteiger partial charge in [-0.15, -0.1) is 11.3 Å². The highest BCUT2D eigenvalue weighted by Crippen LogP contribution is 2.18. The number of carbonyl (C=O) groups is 1. The molecule has 14 heavy (non-hydrogen) atoms. The number of hydrogen-bond donors (Lipinski definition) is 0. The van der Waals surface area contributed by atoms with Crippen LogP contribution in [0.2, 0.25) is 0 Å². The maximum atomic E-state index is 11.6. The summed E-state index contributed by atoms with van der Waals surface area (Å²) < 4.78 is 9.92. The first kappa shape index (κ1) is 11.4. The van der Waals surface area contributed by atoms with E-state index in [4.69, 9.17) is 9.47 Å². The lowest BCUT2D eigenvalue weighted by molar-refractivity contribution is -0.0992. The topological polar surface area (TPSA) is 35.5 Å². The third kappa shape index (κ3) is 2.90. The smallest absolute Gasteiger partial charge is 0.177 e. The van der Waals surface area contributed by atoms with Crippen LogP contribution in [0.25, 0.3) is 0 Å². The fourth-order valence-electron chi connectivity index (χ4n) is 1.10. The molecule has 1 heterocycles. The van der Waals surface area contributed by atoms with Crippen molar-refractivity contribution >= 4 is 17.1 Å². The van der Waals surface area contributed by atoms with Crippen LogP contribution in [0, 0.1) is 6.92 Å². The molecule has 3 nitrogen and oxygen atoms in total. The van der Waals surface area contributed by atoms with Gasteiger partial charge in [-0.05, 0) is 19.1 Å². The summed E-state index contributed by atoms with van der Waals surface area (Å²) in [5.41, 5.74) is 0. The van der Waals surface area contributed by atoms with Crippen molar-refractivity contribution in [2.45, 2.75) is 19.6 Å². The molecule has 0 aliphatic heterocycles. The Kier molecular flexibility index (Phi) is 4.25. The number of methoxy groups -OCH3 is 2. The minimum atomic E-state index is -0.440. The Morgan fingerprint density at radius 1 is 1.43 bits per heavy atom. The van der Waals surface area contributed by atoms with E-state index in [0.29, 0.717) is 0 Å². The van der Waals surface area contributed by atoms with Crippen molar-refractivity contribution in [3.8, 4) is 0 Å². The van der Waals surface area contributed by atoms with Gasteiger partial charge in [0, 0.05) is 19.1 Å². The number of ether oxygens (including phenoxy) is 2. The van der Waals surface area contributed by atoms with E-state index < -0.39 is 6.29 Å². The summed E-state index contributed by atoms with van der Waals surface area (Å²) in [4.78, 5) is 13.5. The van der Waals surface area contributed by atoms with Gasteiger partial charge in [0.15, 0.2) is 12.1 Å². The Hall–Kier alpha value is -0.710. The van der Waals surface area contributed by atoms with Gasteiger partial charge in [-0.3, -0.25) is 4.79 Å². The molecule has 0 atom stereocenters. The maximum Gasteiger partial charge on any atom is 0.177 e. The van der Waals surface area contributed by atoms with Crippen LogP contribution in [-0.4, -0.2) is 26.3 Å². The van der Waals surface area contributed by atoms with E-state index in [1.165, 1.54) is 25.6 Å². The molecule has 0 amide bonds. The van der Waals surface area contributed by atoms with E-state index in [0.717, 1.165) is 9.75 Å². The second-order valence-corrected chi connectivity index (χ2v) is 4.23. The molecular weight excluding hydrogens is 200 g/mol. The Balaban J connectivity index is 2.58. The highest BCUT2D eigenvalue weighted by Gasteiger charge is 2.14. The van der Waals surface area contributed by atoms with Crippen molar-refractivity contribution < 1.29 is 14.3 Å². The molecule has 0 aliphatic rings. The van der Waals surface area contributed by atoms with Crippen molar-refractivity contribution in [3.05, 3.63) is 21.9 Å². The van der Waals surface area contributed by atoms with Gasteiger partial charge in [-0.25, -0.2) is 0 Å². The number of carbonyl (C=O) groups excluding carboxylic acids is 1. The van der Waals surface area contributed by atoms with Gasteiger partial charge in [-0.2, -0.15) is 0 Å². The van der Waals surface area contributed by atoms with E-state index in [2.05, 4.69) is 0 Å². The van der Waals surface area contributed by atoms with Gasteiger partial charge in [0.25, 0.3) is 0 Å². The molecule has 4 heteroatoms. The van der Waals surface area contributed by atoms with Crippen molar-refractivity contribution in [2.75, 3.05) is 14.2 Å². The van der Waals surface area contributed by atoms with E-state index >= 15 is 0 Å². The summed E-state index contributed by atoms with van der Waals surface area (Å²) in [6.45, 7) is 1.98. The molecule has 0 fully saturated rings. The minimum absolute atomic E-state index is 0.0665. The molecule has 0 aliphatic carbocycles. The number of ketones is 1. The van der Waals surface area contributed by atoms with Crippen LogP contribution in [0.3, 0.4) is 0 Å². The third-order valence-electron chi connectivity index (χ3n) is 1.89. The molecule has 0 aromatic carbocycles. The number of aryl methyl sites for hydroxylation is 1. The third-order valence-corrected chi connectivity index (χ3v) is 2.93. The molecule has 0 spiro atoms. The zero-order valence-electron chi connectivity index (χ0n) is 8.57. The van der Waals surface area contributed by atoms with Gasteiger partial charge >= 0.3 is 0 Å². The fraction of sp³-hybridized carbons (Fsp3) is 0.500. The monoisotopic (exact) mass is 214 g/mol. The van der Waals surface area contributed by atoms with Crippen LogP contribution in [0.4, 0.5) is 0 Å². The number of thiophene rings is 1. The van der Waals surface area contributed by atoms with E-state index in [1.807, 2.05) is 19.1 Å². The van der Waals surface area contributed by atoms with E-state index in [1.54, 1.807) is 0 Å². The predicted molar refractivity (Wildman–Crippen MR) is 55.8 cm³/mol. The van der Waals surface area contributed by atoms with Crippen molar-refractivity contribution in [2.24, 2.45) is 0 Å². The Bertz CT molecular complexity index is 302. The van der Waals surface area contributed by atoms with Gasteiger partial charge in [0.05, 0.1) is 11.3 Å². The summed E-state index contributed by atoms with van der Waals surface area (Å²) in [6.07, 6.45) is -0.169. The van der Waals surface area contributed by atoms with Crippen LogP contribution >= 0.6 is 11.3 Å². The second kappa shape index (κ2) is 5.24. The SMILES string of the molecule is COC(CC(=O)c1ccc(C)s1)OC.